The molecule has 0 aliphatic carbocycles. The van der Waals surface area contributed by atoms with Gasteiger partial charge in [-0.25, -0.2) is 9.78 Å². The number of carbonyl (C=O) groups excluding carboxylic acids is 1. The topological polar surface area (TPSA) is 56.1 Å². The Morgan fingerprint density at radius 3 is 3.06 bits per heavy atom. The lowest BCUT2D eigenvalue weighted by atomic mass is 10.3. The van der Waals surface area contributed by atoms with Crippen LogP contribution in [0.4, 0.5) is 0 Å². The van der Waals surface area contributed by atoms with E-state index in [9.17, 15) is 4.79 Å². The highest BCUT2D eigenvalue weighted by molar-refractivity contribution is 5.89. The van der Waals surface area contributed by atoms with E-state index in [1.165, 1.54) is 0 Å². The Morgan fingerprint density at radius 2 is 2.38 bits per heavy atom. The zero-order valence-corrected chi connectivity index (χ0v) is 10.3. The Labute approximate surface area is 101 Å². The fraction of sp³-hybridized carbons (Fsp3) is 0.600. The predicted molar refractivity (Wildman–Crippen MR) is 61.9 cm³/mol. The highest BCUT2D eigenvalue weighted by atomic mass is 35.5. The minimum absolute atomic E-state index is 0. The summed E-state index contributed by atoms with van der Waals surface area (Å²) in [7, 11) is 0. The maximum absolute atomic E-state index is 11.7. The number of nitrogens with zero attached hydrogens (tertiary/aromatic N) is 2. The summed E-state index contributed by atoms with van der Waals surface area (Å²) in [5, 5.41) is 3.22. The van der Waals surface area contributed by atoms with Crippen LogP contribution in [-0.4, -0.2) is 28.7 Å². The van der Waals surface area contributed by atoms with E-state index in [4.69, 9.17) is 4.74 Å². The molecule has 0 amide bonds. The number of ether oxygens (including phenoxy) is 1. The fourth-order valence-electron chi connectivity index (χ4n) is 1.86. The molecule has 90 valence electrons. The van der Waals surface area contributed by atoms with E-state index in [1.807, 2.05) is 18.4 Å². The molecule has 0 radical (unpaired) electrons. The first-order valence-corrected chi connectivity index (χ1v) is 5.18. The van der Waals surface area contributed by atoms with Gasteiger partial charge in [-0.1, -0.05) is 0 Å². The van der Waals surface area contributed by atoms with Crippen LogP contribution in [0.5, 0.6) is 0 Å². The lowest BCUT2D eigenvalue weighted by Crippen LogP contribution is -2.30. The number of rotatable bonds is 2. The minimum Gasteiger partial charge on any atom is -0.461 e. The average Bonchev–Trinajstić information content (AvgIpc) is 2.54. The second-order valence-corrected chi connectivity index (χ2v) is 3.51. The summed E-state index contributed by atoms with van der Waals surface area (Å²) in [5.41, 5.74) is 1.36. The van der Waals surface area contributed by atoms with Crippen LogP contribution >= 0.6 is 12.4 Å². The highest BCUT2D eigenvalue weighted by Gasteiger charge is 2.22. The summed E-state index contributed by atoms with van der Waals surface area (Å²) in [6, 6.07) is 0. The van der Waals surface area contributed by atoms with Crippen molar-refractivity contribution >= 4 is 18.4 Å². The summed E-state index contributed by atoms with van der Waals surface area (Å²) in [5.74, 6) is 0.650. The van der Waals surface area contributed by atoms with Crippen molar-refractivity contribution in [3.8, 4) is 0 Å². The van der Waals surface area contributed by atoms with Gasteiger partial charge in [-0.2, -0.15) is 0 Å². The third-order valence-electron chi connectivity index (χ3n) is 2.49. The molecule has 0 aromatic carbocycles. The van der Waals surface area contributed by atoms with Crippen LogP contribution < -0.4 is 5.32 Å². The number of fused-ring (bicyclic) bond motifs is 1. The van der Waals surface area contributed by atoms with Gasteiger partial charge in [0, 0.05) is 13.1 Å². The quantitative estimate of drug-likeness (QED) is 0.787. The molecule has 2 heterocycles. The lowest BCUT2D eigenvalue weighted by molar-refractivity contribution is 0.0511. The van der Waals surface area contributed by atoms with Crippen molar-refractivity contribution < 1.29 is 9.53 Å². The molecule has 0 saturated carbocycles. The maximum Gasteiger partial charge on any atom is 0.356 e. The Balaban J connectivity index is 0.00000128. The molecule has 1 aromatic rings. The average molecular weight is 246 g/mol. The number of halogens is 1. The Bertz CT molecular complexity index is 390. The first-order chi connectivity index (χ1) is 7.24. The monoisotopic (exact) mass is 245 g/mol. The van der Waals surface area contributed by atoms with Crippen molar-refractivity contribution in [1.82, 2.24) is 14.9 Å². The summed E-state index contributed by atoms with van der Waals surface area (Å²) >= 11 is 0. The Hall–Kier alpha value is -1.07. The molecule has 0 saturated heterocycles. The van der Waals surface area contributed by atoms with Gasteiger partial charge in [-0.15, -0.1) is 12.4 Å². The second-order valence-electron chi connectivity index (χ2n) is 3.51. The molecule has 1 aromatic heterocycles. The molecule has 1 aliphatic heterocycles. The first kappa shape index (κ1) is 13.0. The Kier molecular flexibility index (Phi) is 4.32. The zero-order valence-electron chi connectivity index (χ0n) is 9.45. The van der Waals surface area contributed by atoms with Crippen molar-refractivity contribution in [2.75, 3.05) is 13.2 Å². The molecule has 5 nitrogen and oxygen atoms in total. The number of imidazole rings is 1. The minimum atomic E-state index is -0.268. The molecule has 1 aliphatic rings. The number of hydrogen-bond donors (Lipinski definition) is 1. The van der Waals surface area contributed by atoms with Crippen molar-refractivity contribution in [1.29, 1.82) is 0 Å². The van der Waals surface area contributed by atoms with E-state index in [2.05, 4.69) is 10.3 Å². The van der Waals surface area contributed by atoms with Gasteiger partial charge in [0.15, 0.2) is 5.69 Å². The molecule has 0 unspecified atom stereocenters. The molecule has 1 N–H and O–H groups in total. The molecule has 2 rings (SSSR count). The number of aromatic nitrogens is 2. The van der Waals surface area contributed by atoms with Crippen LogP contribution in [0.25, 0.3) is 0 Å². The van der Waals surface area contributed by atoms with Crippen LogP contribution in [0.15, 0.2) is 0 Å². The van der Waals surface area contributed by atoms with E-state index in [0.29, 0.717) is 12.3 Å². The van der Waals surface area contributed by atoms with Crippen molar-refractivity contribution in [3.05, 3.63) is 17.2 Å². The third-order valence-corrected chi connectivity index (χ3v) is 2.49. The van der Waals surface area contributed by atoms with Gasteiger partial charge < -0.3 is 14.6 Å². The third kappa shape index (κ3) is 2.20. The standard InChI is InChI=1S/C10H15N3O2.ClH/c1-3-15-10(14)9-7(2)12-8-6-11-4-5-13(8)9;/h11H,3-6H2,1-2H3;1H. The first-order valence-electron chi connectivity index (χ1n) is 5.18. The number of hydrogen-bond acceptors (Lipinski definition) is 4. The van der Waals surface area contributed by atoms with Crippen LogP contribution in [0.3, 0.4) is 0 Å². The smallest absolute Gasteiger partial charge is 0.356 e. The molecular weight excluding hydrogens is 230 g/mol. The lowest BCUT2D eigenvalue weighted by Gasteiger charge is -2.16. The SMILES string of the molecule is CCOC(=O)c1c(C)nc2n1CCNC2.Cl. The van der Waals surface area contributed by atoms with Crippen molar-refractivity contribution in [2.45, 2.75) is 26.9 Å². The van der Waals surface area contributed by atoms with Crippen molar-refractivity contribution in [2.24, 2.45) is 0 Å². The van der Waals surface area contributed by atoms with E-state index in [1.54, 1.807) is 0 Å². The highest BCUT2D eigenvalue weighted by Crippen LogP contribution is 2.14. The van der Waals surface area contributed by atoms with Crippen LogP contribution in [0.2, 0.25) is 0 Å². The molecule has 0 bridgehead atoms. The van der Waals surface area contributed by atoms with Gasteiger partial charge in [0.05, 0.1) is 18.8 Å². The number of aryl methyl sites for hydroxylation is 1. The number of carbonyl (C=O) groups is 1. The maximum atomic E-state index is 11.7. The van der Waals surface area contributed by atoms with E-state index >= 15 is 0 Å². The molecule has 16 heavy (non-hydrogen) atoms. The largest absolute Gasteiger partial charge is 0.461 e. The van der Waals surface area contributed by atoms with Gasteiger partial charge in [-0.05, 0) is 13.8 Å². The fourth-order valence-corrected chi connectivity index (χ4v) is 1.86. The molecular formula is C10H16ClN3O2. The predicted octanol–water partition coefficient (Wildman–Crippen LogP) is 0.893. The van der Waals surface area contributed by atoms with Crippen LogP contribution in [0.1, 0.15) is 28.9 Å². The molecule has 6 heteroatoms. The number of nitrogens with one attached hydrogen (secondary N) is 1. The summed E-state index contributed by atoms with van der Waals surface area (Å²) in [6.45, 7) is 6.43. The van der Waals surface area contributed by atoms with E-state index < -0.39 is 0 Å². The van der Waals surface area contributed by atoms with Crippen LogP contribution in [-0.2, 0) is 17.8 Å². The van der Waals surface area contributed by atoms with E-state index in [0.717, 1.165) is 31.2 Å². The Morgan fingerprint density at radius 1 is 1.62 bits per heavy atom. The van der Waals surface area contributed by atoms with Gasteiger partial charge in [0.25, 0.3) is 0 Å². The van der Waals surface area contributed by atoms with Gasteiger partial charge >= 0.3 is 5.97 Å². The van der Waals surface area contributed by atoms with Gasteiger partial charge in [0.2, 0.25) is 0 Å². The van der Waals surface area contributed by atoms with E-state index in [-0.39, 0.29) is 18.4 Å². The van der Waals surface area contributed by atoms with Gasteiger partial charge in [0.1, 0.15) is 5.82 Å². The molecule has 0 spiro atoms. The summed E-state index contributed by atoms with van der Waals surface area (Å²) < 4.78 is 6.96. The zero-order chi connectivity index (χ0) is 10.8. The van der Waals surface area contributed by atoms with Crippen LogP contribution in [0, 0.1) is 6.92 Å². The molecule has 0 atom stereocenters. The molecule has 0 fully saturated rings. The summed E-state index contributed by atoms with van der Waals surface area (Å²) in [6.07, 6.45) is 0. The second kappa shape index (κ2) is 5.32. The number of esters is 1. The summed E-state index contributed by atoms with van der Waals surface area (Å²) in [4.78, 5) is 16.0. The van der Waals surface area contributed by atoms with Gasteiger partial charge in [-0.3, -0.25) is 0 Å². The van der Waals surface area contributed by atoms with Crippen molar-refractivity contribution in [3.63, 3.8) is 0 Å². The normalized spacial score (nSPS) is 13.9.